The Morgan fingerprint density at radius 3 is 1.73 bits per heavy atom. The van der Waals surface area contributed by atoms with Crippen LogP contribution in [0.2, 0.25) is 0 Å². The number of hydrogen-bond donors (Lipinski definition) is 0. The van der Waals surface area contributed by atoms with Crippen molar-refractivity contribution in [1.82, 2.24) is 9.38 Å². The molecular weight excluding hydrogens is 477 g/mol. The van der Waals surface area contributed by atoms with E-state index >= 15 is 0 Å². The van der Waals surface area contributed by atoms with Crippen molar-refractivity contribution in [3.05, 3.63) is 108 Å². The smallest absolute Gasteiger partial charge is 0.300 e. The molecule has 37 heavy (non-hydrogen) atoms. The Labute approximate surface area is 211 Å². The van der Waals surface area contributed by atoms with E-state index in [9.17, 15) is 22.8 Å². The van der Waals surface area contributed by atoms with Crippen LogP contribution in [0.5, 0.6) is 0 Å². The largest absolute Gasteiger partial charge is 0.416 e. The summed E-state index contributed by atoms with van der Waals surface area (Å²) in [6.45, 7) is 2.87. The lowest BCUT2D eigenvalue weighted by molar-refractivity contribution is -0.137. The molecule has 0 bridgehead atoms. The van der Waals surface area contributed by atoms with Crippen LogP contribution in [0.3, 0.4) is 0 Å². The van der Waals surface area contributed by atoms with Gasteiger partial charge in [0.15, 0.2) is 11.6 Å². The molecule has 0 saturated heterocycles. The first-order valence-corrected chi connectivity index (χ1v) is 11.5. The minimum atomic E-state index is -4.60. The summed E-state index contributed by atoms with van der Waals surface area (Å²) in [7, 11) is 0. The zero-order chi connectivity index (χ0) is 26.3. The molecule has 5 rings (SSSR count). The van der Waals surface area contributed by atoms with Crippen molar-refractivity contribution in [2.75, 3.05) is 0 Å². The first-order chi connectivity index (χ1) is 17.6. The van der Waals surface area contributed by atoms with Gasteiger partial charge in [-0.15, -0.1) is 0 Å². The molecule has 4 nitrogen and oxygen atoms in total. The Kier molecular flexibility index (Phi) is 5.99. The SMILES string of the molecule is CC(=O)c1ccc(-c2cc(C(F)(F)F)cc(-c3ccc(C(C)=O)cc3)c2-c2ncc3ccccn23)cc1. The summed E-state index contributed by atoms with van der Waals surface area (Å²) >= 11 is 0. The molecule has 5 aromatic rings. The van der Waals surface area contributed by atoms with Crippen molar-refractivity contribution in [2.24, 2.45) is 0 Å². The molecule has 2 aromatic heterocycles. The number of imidazole rings is 1. The Hall–Kier alpha value is -4.52. The van der Waals surface area contributed by atoms with Gasteiger partial charge in [0.25, 0.3) is 0 Å². The molecule has 0 saturated carbocycles. The molecule has 0 unspecified atom stereocenters. The van der Waals surface area contributed by atoms with Crippen LogP contribution >= 0.6 is 0 Å². The van der Waals surface area contributed by atoms with Gasteiger partial charge in [0.2, 0.25) is 0 Å². The maximum absolute atomic E-state index is 14.1. The quantitative estimate of drug-likeness (QED) is 0.233. The van der Waals surface area contributed by atoms with Crippen molar-refractivity contribution in [2.45, 2.75) is 20.0 Å². The summed E-state index contributed by atoms with van der Waals surface area (Å²) in [6.07, 6.45) is -1.13. The first kappa shape index (κ1) is 24.2. The van der Waals surface area contributed by atoms with E-state index < -0.39 is 11.7 Å². The number of benzene rings is 3. The molecule has 3 aromatic carbocycles. The molecule has 0 aliphatic heterocycles. The number of fused-ring (bicyclic) bond motifs is 1. The summed E-state index contributed by atoms with van der Waals surface area (Å²) in [5, 5.41) is 0. The molecule has 0 amide bonds. The van der Waals surface area contributed by atoms with Gasteiger partial charge in [-0.1, -0.05) is 54.6 Å². The number of carbonyl (C=O) groups excluding carboxylic acids is 2. The van der Waals surface area contributed by atoms with Gasteiger partial charge in [0, 0.05) is 22.9 Å². The van der Waals surface area contributed by atoms with Gasteiger partial charge in [0.05, 0.1) is 17.3 Å². The van der Waals surface area contributed by atoms with Crippen LogP contribution in [0.4, 0.5) is 13.2 Å². The minimum absolute atomic E-state index is 0.138. The third kappa shape index (κ3) is 4.56. The van der Waals surface area contributed by atoms with Crippen LogP contribution in [-0.2, 0) is 6.18 Å². The fourth-order valence-electron chi connectivity index (χ4n) is 4.40. The first-order valence-electron chi connectivity index (χ1n) is 11.5. The maximum Gasteiger partial charge on any atom is 0.416 e. The number of Topliss-reactive ketones (excluding diaryl/α,β-unsaturated/α-hetero) is 2. The lowest BCUT2D eigenvalue weighted by Gasteiger charge is -2.19. The molecule has 7 heteroatoms. The third-order valence-electron chi connectivity index (χ3n) is 6.33. The zero-order valence-electron chi connectivity index (χ0n) is 20.0. The molecule has 184 valence electrons. The van der Waals surface area contributed by atoms with Gasteiger partial charge < -0.3 is 0 Å². The van der Waals surface area contributed by atoms with Crippen molar-refractivity contribution >= 4 is 17.1 Å². The van der Waals surface area contributed by atoms with E-state index in [2.05, 4.69) is 4.98 Å². The topological polar surface area (TPSA) is 51.4 Å². The lowest BCUT2D eigenvalue weighted by atomic mass is 9.88. The second-order valence-corrected chi connectivity index (χ2v) is 8.79. The van der Waals surface area contributed by atoms with Crippen LogP contribution in [0.25, 0.3) is 39.2 Å². The fourth-order valence-corrected chi connectivity index (χ4v) is 4.40. The van der Waals surface area contributed by atoms with Gasteiger partial charge in [0.1, 0.15) is 5.82 Å². The highest BCUT2D eigenvalue weighted by molar-refractivity contribution is 5.98. The number of hydrogen-bond acceptors (Lipinski definition) is 3. The van der Waals surface area contributed by atoms with Crippen LogP contribution in [-0.4, -0.2) is 21.0 Å². The fraction of sp³-hybridized carbons (Fsp3) is 0.100. The number of aromatic nitrogens is 2. The Bertz CT molecular complexity index is 1570. The van der Waals surface area contributed by atoms with Crippen molar-refractivity contribution in [3.8, 4) is 33.6 Å². The highest BCUT2D eigenvalue weighted by Gasteiger charge is 2.33. The molecule has 0 aliphatic carbocycles. The molecule has 2 heterocycles. The van der Waals surface area contributed by atoms with Crippen molar-refractivity contribution < 1.29 is 22.8 Å². The second kappa shape index (κ2) is 9.17. The predicted octanol–water partition coefficient (Wildman–Crippen LogP) is 7.76. The van der Waals surface area contributed by atoms with Crippen LogP contribution < -0.4 is 0 Å². The van der Waals surface area contributed by atoms with E-state index in [0.29, 0.717) is 44.8 Å². The highest BCUT2D eigenvalue weighted by atomic mass is 19.4. The normalized spacial score (nSPS) is 11.6. The van der Waals surface area contributed by atoms with Gasteiger partial charge in [-0.2, -0.15) is 13.2 Å². The van der Waals surface area contributed by atoms with Crippen molar-refractivity contribution in [3.63, 3.8) is 0 Å². The maximum atomic E-state index is 14.1. The molecule has 0 aliphatic rings. The summed E-state index contributed by atoms with van der Waals surface area (Å²) in [5.74, 6) is 0.197. The number of rotatable bonds is 5. The Morgan fingerprint density at radius 1 is 0.757 bits per heavy atom. The number of carbonyl (C=O) groups is 2. The van der Waals surface area contributed by atoms with Gasteiger partial charge in [-0.3, -0.25) is 14.0 Å². The molecule has 0 N–H and O–H groups in total. The monoisotopic (exact) mass is 498 g/mol. The van der Waals surface area contributed by atoms with Gasteiger partial charge >= 0.3 is 6.18 Å². The zero-order valence-corrected chi connectivity index (χ0v) is 20.0. The molecular formula is C30H21F3N2O2. The lowest BCUT2D eigenvalue weighted by Crippen LogP contribution is -2.07. The average molecular weight is 499 g/mol. The average Bonchev–Trinajstić information content (AvgIpc) is 3.31. The second-order valence-electron chi connectivity index (χ2n) is 8.79. The third-order valence-corrected chi connectivity index (χ3v) is 6.33. The Morgan fingerprint density at radius 2 is 1.27 bits per heavy atom. The van der Waals surface area contributed by atoms with E-state index in [1.165, 1.54) is 13.8 Å². The van der Waals surface area contributed by atoms with E-state index in [4.69, 9.17) is 0 Å². The molecule has 0 atom stereocenters. The standard InChI is InChI=1S/C30H21F3N2O2/c1-18(36)20-6-10-22(11-7-20)26-15-24(30(31,32)33)16-27(23-12-8-21(9-13-23)19(2)37)28(26)29-34-17-25-5-3-4-14-35(25)29/h3-17H,1-2H3. The van der Waals surface area contributed by atoms with E-state index in [1.807, 2.05) is 22.6 Å². The predicted molar refractivity (Wildman–Crippen MR) is 137 cm³/mol. The van der Waals surface area contributed by atoms with Gasteiger partial charge in [-0.25, -0.2) is 4.98 Å². The minimum Gasteiger partial charge on any atom is -0.300 e. The van der Waals surface area contributed by atoms with Crippen molar-refractivity contribution in [1.29, 1.82) is 0 Å². The summed E-state index contributed by atoms with van der Waals surface area (Å²) in [5.41, 5.74) is 3.08. The number of halogens is 3. The van der Waals surface area contributed by atoms with E-state index in [-0.39, 0.29) is 11.6 Å². The number of pyridine rings is 1. The van der Waals surface area contributed by atoms with Gasteiger partial charge in [-0.05, 0) is 60.4 Å². The number of ketones is 2. The number of nitrogens with zero attached hydrogens (tertiary/aromatic N) is 2. The van der Waals surface area contributed by atoms with Crippen LogP contribution in [0.15, 0.2) is 91.3 Å². The molecule has 0 spiro atoms. The summed E-state index contributed by atoms with van der Waals surface area (Å²) in [4.78, 5) is 28.2. The summed E-state index contributed by atoms with van der Waals surface area (Å²) in [6, 6.07) is 20.8. The number of alkyl halides is 3. The summed E-state index contributed by atoms with van der Waals surface area (Å²) < 4.78 is 44.2. The molecule has 0 radical (unpaired) electrons. The molecule has 0 fully saturated rings. The van der Waals surface area contributed by atoms with E-state index in [1.54, 1.807) is 60.9 Å². The Balaban J connectivity index is 1.87. The van der Waals surface area contributed by atoms with E-state index in [0.717, 1.165) is 17.6 Å². The highest BCUT2D eigenvalue weighted by Crippen LogP contribution is 2.44. The van der Waals surface area contributed by atoms with Crippen LogP contribution in [0, 0.1) is 0 Å². The van der Waals surface area contributed by atoms with Crippen LogP contribution in [0.1, 0.15) is 40.1 Å².